The third-order valence-corrected chi connectivity index (χ3v) is 4.68. The number of ether oxygens (including phenoxy) is 1. The van der Waals surface area contributed by atoms with Gasteiger partial charge in [-0.25, -0.2) is 4.79 Å². The van der Waals surface area contributed by atoms with Gasteiger partial charge in [0.1, 0.15) is 5.60 Å². The SMILES string of the molecule is CC(CNC1CCC(NC(=O)OC(C)(C)C)C1)CN1CCCC1. The molecule has 1 saturated carbocycles. The van der Waals surface area contributed by atoms with Crippen molar-refractivity contribution in [3.8, 4) is 0 Å². The minimum atomic E-state index is -0.425. The highest BCUT2D eigenvalue weighted by atomic mass is 16.6. The lowest BCUT2D eigenvalue weighted by atomic mass is 10.1. The molecule has 2 aliphatic rings. The number of carbonyl (C=O) groups excluding carboxylic acids is 1. The van der Waals surface area contributed by atoms with Gasteiger partial charge in [0.05, 0.1) is 0 Å². The molecule has 1 saturated heterocycles. The highest BCUT2D eigenvalue weighted by molar-refractivity contribution is 5.68. The summed E-state index contributed by atoms with van der Waals surface area (Å²) >= 11 is 0. The molecule has 0 bridgehead atoms. The van der Waals surface area contributed by atoms with Gasteiger partial charge in [-0.2, -0.15) is 0 Å². The summed E-state index contributed by atoms with van der Waals surface area (Å²) in [6.07, 6.45) is 5.62. The monoisotopic (exact) mass is 325 g/mol. The standard InChI is InChI=1S/C18H35N3O2/c1-14(13-21-9-5-6-10-21)12-19-15-7-8-16(11-15)20-17(22)23-18(2,3)4/h14-16,19H,5-13H2,1-4H3,(H,20,22). The van der Waals surface area contributed by atoms with Crippen LogP contribution >= 0.6 is 0 Å². The molecule has 5 heteroatoms. The van der Waals surface area contributed by atoms with E-state index in [9.17, 15) is 4.79 Å². The predicted octanol–water partition coefficient (Wildman–Crippen LogP) is 2.75. The molecular formula is C18H35N3O2. The first-order chi connectivity index (χ1) is 10.8. The van der Waals surface area contributed by atoms with E-state index >= 15 is 0 Å². The van der Waals surface area contributed by atoms with Crippen LogP contribution in [0, 0.1) is 5.92 Å². The van der Waals surface area contributed by atoms with Crippen LogP contribution in [0.1, 0.15) is 59.8 Å². The summed E-state index contributed by atoms with van der Waals surface area (Å²) in [5, 5.41) is 6.69. The lowest BCUT2D eigenvalue weighted by molar-refractivity contribution is 0.0505. The largest absolute Gasteiger partial charge is 0.444 e. The highest BCUT2D eigenvalue weighted by Gasteiger charge is 2.27. The molecule has 1 aliphatic carbocycles. The summed E-state index contributed by atoms with van der Waals surface area (Å²) in [5.41, 5.74) is -0.425. The van der Waals surface area contributed by atoms with Gasteiger partial charge in [0.25, 0.3) is 0 Å². The van der Waals surface area contributed by atoms with Gasteiger partial charge in [0, 0.05) is 18.6 Å². The maximum atomic E-state index is 11.8. The van der Waals surface area contributed by atoms with Crippen LogP contribution in [-0.4, -0.2) is 54.9 Å². The second-order valence-corrected chi connectivity index (χ2v) is 8.37. The molecule has 23 heavy (non-hydrogen) atoms. The minimum Gasteiger partial charge on any atom is -0.444 e. The van der Waals surface area contributed by atoms with Gasteiger partial charge < -0.3 is 20.3 Å². The number of hydrogen-bond acceptors (Lipinski definition) is 4. The van der Waals surface area contributed by atoms with Crippen LogP contribution in [0.2, 0.25) is 0 Å². The van der Waals surface area contributed by atoms with Crippen LogP contribution in [0.5, 0.6) is 0 Å². The number of carbonyl (C=O) groups is 1. The molecule has 1 heterocycles. The average molecular weight is 325 g/mol. The van der Waals surface area contributed by atoms with Gasteiger partial charge in [0.2, 0.25) is 0 Å². The maximum Gasteiger partial charge on any atom is 0.407 e. The summed E-state index contributed by atoms with van der Waals surface area (Å²) in [5.74, 6) is 0.686. The van der Waals surface area contributed by atoms with Crippen molar-refractivity contribution in [2.24, 2.45) is 5.92 Å². The van der Waals surface area contributed by atoms with Gasteiger partial charge in [-0.05, 0) is 78.4 Å². The first-order valence-corrected chi connectivity index (χ1v) is 9.27. The first kappa shape index (κ1) is 18.5. The molecule has 3 unspecified atom stereocenters. The van der Waals surface area contributed by atoms with Gasteiger partial charge in [-0.3, -0.25) is 0 Å². The molecule has 2 N–H and O–H groups in total. The van der Waals surface area contributed by atoms with Crippen LogP contribution in [0.25, 0.3) is 0 Å². The van der Waals surface area contributed by atoms with Crippen molar-refractivity contribution >= 4 is 6.09 Å². The summed E-state index contributed by atoms with van der Waals surface area (Å²) in [7, 11) is 0. The number of rotatable bonds is 6. The minimum absolute atomic E-state index is 0.247. The normalized spacial score (nSPS) is 27.1. The fourth-order valence-electron chi connectivity index (χ4n) is 3.61. The van der Waals surface area contributed by atoms with Crippen LogP contribution < -0.4 is 10.6 Å². The van der Waals surface area contributed by atoms with Crippen molar-refractivity contribution < 1.29 is 9.53 Å². The summed E-state index contributed by atoms with van der Waals surface area (Å²) in [6, 6.07) is 0.771. The lowest BCUT2D eigenvalue weighted by Crippen LogP contribution is -2.40. The molecule has 134 valence electrons. The Hall–Kier alpha value is -0.810. The molecule has 0 spiro atoms. The maximum absolute atomic E-state index is 11.8. The third kappa shape index (κ3) is 7.08. The van der Waals surface area contributed by atoms with E-state index in [1.165, 1.54) is 32.5 Å². The summed E-state index contributed by atoms with van der Waals surface area (Å²) in [6.45, 7) is 12.8. The first-order valence-electron chi connectivity index (χ1n) is 9.27. The number of nitrogens with zero attached hydrogens (tertiary/aromatic N) is 1. The molecule has 3 atom stereocenters. The van der Waals surface area contributed by atoms with Gasteiger partial charge in [-0.15, -0.1) is 0 Å². The van der Waals surface area contributed by atoms with Crippen molar-refractivity contribution in [1.29, 1.82) is 0 Å². The number of hydrogen-bond donors (Lipinski definition) is 2. The number of likely N-dealkylation sites (tertiary alicyclic amines) is 1. The molecule has 5 nitrogen and oxygen atoms in total. The van der Waals surface area contributed by atoms with Crippen molar-refractivity contribution in [1.82, 2.24) is 15.5 Å². The van der Waals surface area contributed by atoms with Gasteiger partial charge in [-0.1, -0.05) is 6.92 Å². The smallest absolute Gasteiger partial charge is 0.407 e. The molecule has 0 radical (unpaired) electrons. The number of amides is 1. The molecule has 0 aromatic rings. The van der Waals surface area contributed by atoms with Gasteiger partial charge >= 0.3 is 6.09 Å². The zero-order valence-electron chi connectivity index (χ0n) is 15.4. The molecule has 2 fully saturated rings. The molecule has 2 rings (SSSR count). The lowest BCUT2D eigenvalue weighted by Gasteiger charge is -2.23. The Morgan fingerprint density at radius 3 is 2.52 bits per heavy atom. The molecule has 0 aromatic heterocycles. The number of alkyl carbamates (subject to hydrolysis) is 1. The Morgan fingerprint density at radius 2 is 1.87 bits per heavy atom. The Kier molecular flexibility index (Phi) is 6.72. The third-order valence-electron chi connectivity index (χ3n) is 4.68. The predicted molar refractivity (Wildman–Crippen MR) is 93.6 cm³/mol. The van der Waals surface area contributed by atoms with E-state index in [1.807, 2.05) is 20.8 Å². The second-order valence-electron chi connectivity index (χ2n) is 8.37. The highest BCUT2D eigenvalue weighted by Crippen LogP contribution is 2.20. The van der Waals surface area contributed by atoms with E-state index in [4.69, 9.17) is 4.74 Å². The van der Waals surface area contributed by atoms with Crippen molar-refractivity contribution in [3.63, 3.8) is 0 Å². The van der Waals surface area contributed by atoms with E-state index in [1.54, 1.807) is 0 Å². The Morgan fingerprint density at radius 1 is 1.22 bits per heavy atom. The molecular weight excluding hydrogens is 290 g/mol. The summed E-state index contributed by atoms with van der Waals surface area (Å²) < 4.78 is 5.33. The van der Waals surface area contributed by atoms with Gasteiger partial charge in [0.15, 0.2) is 0 Å². The van der Waals surface area contributed by atoms with Crippen LogP contribution in [0.3, 0.4) is 0 Å². The Labute approximate surface area is 141 Å². The van der Waals surface area contributed by atoms with Crippen LogP contribution in [-0.2, 0) is 4.74 Å². The van der Waals surface area contributed by atoms with E-state index in [2.05, 4.69) is 22.5 Å². The molecule has 0 aromatic carbocycles. The summed E-state index contributed by atoms with van der Waals surface area (Å²) in [4.78, 5) is 14.4. The van der Waals surface area contributed by atoms with Crippen molar-refractivity contribution in [2.45, 2.75) is 77.5 Å². The van der Waals surface area contributed by atoms with Crippen molar-refractivity contribution in [3.05, 3.63) is 0 Å². The molecule has 1 aliphatic heterocycles. The fraction of sp³-hybridized carbons (Fsp3) is 0.944. The second kappa shape index (κ2) is 8.34. The molecule has 1 amide bonds. The quantitative estimate of drug-likeness (QED) is 0.788. The Balaban J connectivity index is 1.60. The fourth-order valence-corrected chi connectivity index (χ4v) is 3.61. The van der Waals surface area contributed by atoms with E-state index in [0.29, 0.717) is 12.0 Å². The van der Waals surface area contributed by atoms with Crippen LogP contribution in [0.15, 0.2) is 0 Å². The van der Waals surface area contributed by atoms with E-state index in [-0.39, 0.29) is 12.1 Å². The van der Waals surface area contributed by atoms with Crippen molar-refractivity contribution in [2.75, 3.05) is 26.2 Å². The van der Waals surface area contributed by atoms with Crippen LogP contribution in [0.4, 0.5) is 4.79 Å². The number of nitrogens with one attached hydrogen (secondary N) is 2. The topological polar surface area (TPSA) is 53.6 Å². The zero-order valence-corrected chi connectivity index (χ0v) is 15.4. The van der Waals surface area contributed by atoms with E-state index in [0.717, 1.165) is 25.8 Å². The zero-order chi connectivity index (χ0) is 16.9. The van der Waals surface area contributed by atoms with E-state index < -0.39 is 5.60 Å². The average Bonchev–Trinajstić information content (AvgIpc) is 3.06. The Bertz CT molecular complexity index is 375.